The molecule has 3 heterocycles. The van der Waals surface area contributed by atoms with E-state index in [0.717, 1.165) is 19.3 Å². The third-order valence-electron chi connectivity index (χ3n) is 8.30. The van der Waals surface area contributed by atoms with Crippen LogP contribution in [0.3, 0.4) is 0 Å². The van der Waals surface area contributed by atoms with Gasteiger partial charge in [0.2, 0.25) is 0 Å². The van der Waals surface area contributed by atoms with Crippen LogP contribution in [0.5, 0.6) is 0 Å². The van der Waals surface area contributed by atoms with Crippen LogP contribution in [-0.4, -0.2) is 130 Å². The van der Waals surface area contributed by atoms with Crippen molar-refractivity contribution in [1.29, 1.82) is 0 Å². The highest BCUT2D eigenvalue weighted by atomic mass is 16.7. The van der Waals surface area contributed by atoms with Crippen molar-refractivity contribution in [2.45, 2.75) is 139 Å². The molecule has 39 heavy (non-hydrogen) atoms. The molecule has 3 aliphatic heterocycles. The number of hydrogen-bond donors (Lipinski definition) is 6. The van der Waals surface area contributed by atoms with Gasteiger partial charge in [0.1, 0.15) is 42.7 Å². The van der Waals surface area contributed by atoms with Gasteiger partial charge >= 0.3 is 5.97 Å². The van der Waals surface area contributed by atoms with Crippen LogP contribution in [0, 0.1) is 5.92 Å². The number of carboxylic acid groups (broad SMARTS) is 1. The molecule has 6 unspecified atom stereocenters. The van der Waals surface area contributed by atoms with Crippen LogP contribution in [0.4, 0.5) is 0 Å². The van der Waals surface area contributed by atoms with Crippen LogP contribution < -0.4 is 0 Å². The van der Waals surface area contributed by atoms with Gasteiger partial charge in [0.05, 0.1) is 24.9 Å². The molecule has 13 nitrogen and oxygen atoms in total. The Labute approximate surface area is 227 Å². The van der Waals surface area contributed by atoms with E-state index in [9.17, 15) is 35.4 Å². The molecule has 1 saturated carbocycles. The van der Waals surface area contributed by atoms with Crippen LogP contribution in [0.2, 0.25) is 0 Å². The third-order valence-corrected chi connectivity index (χ3v) is 8.30. The number of aliphatic hydroxyl groups is 5. The topological polar surface area (TPSA) is 194 Å². The van der Waals surface area contributed by atoms with E-state index >= 15 is 0 Å². The Morgan fingerprint density at radius 2 is 1.56 bits per heavy atom. The predicted octanol–water partition coefficient (Wildman–Crippen LogP) is -0.720. The fourth-order valence-electron chi connectivity index (χ4n) is 5.91. The molecule has 226 valence electrons. The van der Waals surface area contributed by atoms with Crippen molar-refractivity contribution in [3.05, 3.63) is 0 Å². The zero-order chi connectivity index (χ0) is 28.3. The molecular formula is C26H44O13. The second kappa shape index (κ2) is 13.8. The van der Waals surface area contributed by atoms with E-state index in [0.29, 0.717) is 25.9 Å². The molecule has 4 rings (SSSR count). The largest absolute Gasteiger partial charge is 0.479 e. The van der Waals surface area contributed by atoms with Crippen molar-refractivity contribution in [3.8, 4) is 0 Å². The van der Waals surface area contributed by atoms with Crippen molar-refractivity contribution >= 4 is 5.97 Å². The minimum atomic E-state index is -1.47. The Morgan fingerprint density at radius 3 is 2.28 bits per heavy atom. The second-order valence-corrected chi connectivity index (χ2v) is 11.2. The third kappa shape index (κ3) is 7.09. The summed E-state index contributed by atoms with van der Waals surface area (Å²) in [4.78, 5) is 11.9. The molecule has 0 aromatic carbocycles. The van der Waals surface area contributed by atoms with Crippen LogP contribution in [-0.2, 0) is 33.2 Å². The van der Waals surface area contributed by atoms with Crippen LogP contribution in [0.1, 0.15) is 58.8 Å². The van der Waals surface area contributed by atoms with Crippen LogP contribution >= 0.6 is 0 Å². The van der Waals surface area contributed by atoms with Crippen LogP contribution in [0.15, 0.2) is 0 Å². The molecule has 0 bridgehead atoms. The first-order valence-corrected chi connectivity index (χ1v) is 14.1. The summed E-state index contributed by atoms with van der Waals surface area (Å²) in [5, 5.41) is 61.3. The Kier molecular flexibility index (Phi) is 11.0. The minimum Gasteiger partial charge on any atom is -0.479 e. The highest BCUT2D eigenvalue weighted by molar-refractivity contribution is 5.72. The number of ether oxygens (including phenoxy) is 6. The monoisotopic (exact) mass is 564 g/mol. The van der Waals surface area contributed by atoms with Crippen molar-refractivity contribution in [1.82, 2.24) is 0 Å². The molecule has 4 fully saturated rings. The summed E-state index contributed by atoms with van der Waals surface area (Å²) in [5.74, 6) is -1.18. The minimum absolute atomic E-state index is 0.0323. The summed E-state index contributed by atoms with van der Waals surface area (Å²) >= 11 is 0. The molecule has 0 aromatic heterocycles. The summed E-state index contributed by atoms with van der Waals surface area (Å²) in [7, 11) is 0. The number of fused-ring (bicyclic) bond motifs is 1. The summed E-state index contributed by atoms with van der Waals surface area (Å²) in [6.45, 7) is 3.32. The van der Waals surface area contributed by atoms with Gasteiger partial charge in [-0.2, -0.15) is 0 Å². The molecule has 1 aliphatic carbocycles. The molecule has 6 N–H and O–H groups in total. The lowest BCUT2D eigenvalue weighted by Gasteiger charge is -2.48. The molecule has 0 spiro atoms. The van der Waals surface area contributed by atoms with Crippen LogP contribution in [0.25, 0.3) is 0 Å². The number of carboxylic acids is 1. The standard InChI is InChI=1S/C26H44O13/c1-12-7-6-9-14(21(12)39-25-20(31)19(30)17(28)13(2)35-25)37-26-23-22(18(29)16(11-27)38-26)36-15(24(32)33)8-4-3-5-10-34-23/h12-23,25-31H,3-11H2,1-2H3,(H,32,33)/t12-,13?,14-,15-,16?,17-,18+,19?,20+,21?,22?,23?,25+,26-/m1/s1. The van der Waals surface area contributed by atoms with Crippen molar-refractivity contribution in [2.24, 2.45) is 5.92 Å². The van der Waals surface area contributed by atoms with Gasteiger partial charge in [-0.25, -0.2) is 4.79 Å². The Balaban J connectivity index is 1.54. The summed E-state index contributed by atoms with van der Waals surface area (Å²) in [6, 6.07) is 0. The highest BCUT2D eigenvalue weighted by Crippen LogP contribution is 2.36. The fourth-order valence-corrected chi connectivity index (χ4v) is 5.91. The molecular weight excluding hydrogens is 520 g/mol. The zero-order valence-electron chi connectivity index (χ0n) is 22.5. The van der Waals surface area contributed by atoms with Gasteiger partial charge in [0, 0.05) is 6.61 Å². The van der Waals surface area contributed by atoms with E-state index < -0.39 is 92.3 Å². The number of carbonyl (C=O) groups is 1. The summed E-state index contributed by atoms with van der Waals surface area (Å²) in [6.07, 6.45) is -9.64. The van der Waals surface area contributed by atoms with E-state index in [-0.39, 0.29) is 12.3 Å². The van der Waals surface area contributed by atoms with E-state index in [2.05, 4.69) is 0 Å². The van der Waals surface area contributed by atoms with E-state index in [4.69, 9.17) is 28.4 Å². The van der Waals surface area contributed by atoms with Gasteiger partial charge in [-0.05, 0) is 38.5 Å². The Morgan fingerprint density at radius 1 is 0.795 bits per heavy atom. The first-order valence-electron chi connectivity index (χ1n) is 14.1. The first kappa shape index (κ1) is 31.0. The summed E-state index contributed by atoms with van der Waals surface area (Å²) < 4.78 is 36.1. The van der Waals surface area contributed by atoms with E-state index in [1.807, 2.05) is 6.92 Å². The van der Waals surface area contributed by atoms with Gasteiger partial charge in [-0.1, -0.05) is 26.2 Å². The van der Waals surface area contributed by atoms with E-state index in [1.54, 1.807) is 6.92 Å². The maximum atomic E-state index is 11.9. The molecule has 4 aliphatic rings. The van der Waals surface area contributed by atoms with Crippen molar-refractivity contribution < 1.29 is 63.9 Å². The first-order chi connectivity index (χ1) is 18.6. The Bertz CT molecular complexity index is 785. The lowest BCUT2D eigenvalue weighted by molar-refractivity contribution is -0.353. The fraction of sp³-hybridized carbons (Fsp3) is 0.962. The maximum Gasteiger partial charge on any atom is 0.332 e. The molecule has 14 atom stereocenters. The quantitative estimate of drug-likeness (QED) is 0.237. The van der Waals surface area contributed by atoms with Gasteiger partial charge in [-0.3, -0.25) is 0 Å². The number of rotatable bonds is 6. The SMILES string of the molecule is CC1O[C@@H](OC2[C@H](C)CCC[C@H]2O[C@@H]2OC(CO)[C@H](O)C3O[C@@H](C(=O)O)CCCCCOC32)[C@@H](O)C(O)[C@@H]1O. The average molecular weight is 565 g/mol. The zero-order valence-corrected chi connectivity index (χ0v) is 22.5. The number of aliphatic carboxylic acids is 1. The smallest absolute Gasteiger partial charge is 0.332 e. The Hall–Kier alpha value is -0.970. The van der Waals surface area contributed by atoms with Gasteiger partial charge in [0.25, 0.3) is 0 Å². The number of aliphatic hydroxyl groups excluding tert-OH is 5. The molecule has 0 radical (unpaired) electrons. The number of hydrogen-bond acceptors (Lipinski definition) is 12. The maximum absolute atomic E-state index is 11.9. The predicted molar refractivity (Wildman–Crippen MR) is 131 cm³/mol. The lowest BCUT2D eigenvalue weighted by Crippen LogP contribution is -2.63. The molecule has 13 heteroatoms. The highest BCUT2D eigenvalue weighted by Gasteiger charge is 2.51. The van der Waals surface area contributed by atoms with Crippen molar-refractivity contribution in [3.63, 3.8) is 0 Å². The van der Waals surface area contributed by atoms with E-state index in [1.165, 1.54) is 0 Å². The van der Waals surface area contributed by atoms with Gasteiger partial charge in [-0.15, -0.1) is 0 Å². The lowest BCUT2D eigenvalue weighted by atomic mass is 9.85. The molecule has 0 aromatic rings. The average Bonchev–Trinajstić information content (AvgIpc) is 2.91. The normalized spacial score (nSPS) is 48.2. The molecule has 0 amide bonds. The van der Waals surface area contributed by atoms with Gasteiger partial charge in [0.15, 0.2) is 18.7 Å². The second-order valence-electron chi connectivity index (χ2n) is 11.2. The van der Waals surface area contributed by atoms with Crippen molar-refractivity contribution in [2.75, 3.05) is 13.2 Å². The summed E-state index contributed by atoms with van der Waals surface area (Å²) in [5.41, 5.74) is 0. The van der Waals surface area contributed by atoms with Gasteiger partial charge < -0.3 is 59.1 Å². The molecule has 3 saturated heterocycles.